The van der Waals surface area contributed by atoms with Crippen LogP contribution in [0.15, 0.2) is 42.7 Å². The van der Waals surface area contributed by atoms with Crippen LogP contribution < -0.4 is 0 Å². The Labute approximate surface area is 112 Å². The molecular weight excluding hydrogens is 246 g/mol. The molecule has 3 heteroatoms. The van der Waals surface area contributed by atoms with Crippen molar-refractivity contribution in [3.8, 4) is 0 Å². The average molecular weight is 262 g/mol. The van der Waals surface area contributed by atoms with Gasteiger partial charge >= 0.3 is 0 Å². The fourth-order valence-electron chi connectivity index (χ4n) is 2.07. The van der Waals surface area contributed by atoms with E-state index in [1.54, 1.807) is 12.4 Å². The van der Waals surface area contributed by atoms with E-state index >= 15 is 0 Å². The van der Waals surface area contributed by atoms with Gasteiger partial charge in [-0.25, -0.2) is 0 Å². The summed E-state index contributed by atoms with van der Waals surface area (Å²) in [5.41, 5.74) is 2.97. The Bertz CT molecular complexity index is 507. The Morgan fingerprint density at radius 1 is 1.11 bits per heavy atom. The lowest BCUT2D eigenvalue weighted by atomic mass is 9.91. The number of aliphatic hydroxyl groups is 1. The number of rotatable bonds is 3. The lowest BCUT2D eigenvalue weighted by molar-refractivity contribution is 0.151. The van der Waals surface area contributed by atoms with Crippen molar-refractivity contribution in [2.24, 2.45) is 0 Å². The molecule has 0 aliphatic carbocycles. The predicted molar refractivity (Wildman–Crippen MR) is 73.8 cm³/mol. The highest BCUT2D eigenvalue weighted by Crippen LogP contribution is 2.31. The standard InChI is InChI=1S/C15H16ClNO/c1-10-7-13(9-14(16)8-10)15(18)11(2)12-3-5-17-6-4-12/h3-9,11,15,18H,1-2H3. The lowest BCUT2D eigenvalue weighted by Gasteiger charge is -2.20. The monoisotopic (exact) mass is 261 g/mol. The van der Waals surface area contributed by atoms with Crippen molar-refractivity contribution in [1.82, 2.24) is 4.98 Å². The Morgan fingerprint density at radius 3 is 2.39 bits per heavy atom. The minimum absolute atomic E-state index is 0.00543. The van der Waals surface area contributed by atoms with Gasteiger partial charge in [0.15, 0.2) is 0 Å². The molecule has 1 aromatic carbocycles. The molecule has 0 saturated heterocycles. The Hall–Kier alpha value is -1.38. The summed E-state index contributed by atoms with van der Waals surface area (Å²) in [5.74, 6) is 0.00543. The molecule has 18 heavy (non-hydrogen) atoms. The molecule has 0 spiro atoms. The predicted octanol–water partition coefficient (Wildman–Crippen LogP) is 3.88. The summed E-state index contributed by atoms with van der Waals surface area (Å²) < 4.78 is 0. The van der Waals surface area contributed by atoms with Crippen molar-refractivity contribution in [3.05, 3.63) is 64.4 Å². The van der Waals surface area contributed by atoms with Crippen LogP contribution in [0.1, 0.15) is 35.6 Å². The second kappa shape index (κ2) is 5.51. The molecule has 0 fully saturated rings. The van der Waals surface area contributed by atoms with Crippen LogP contribution in [0.2, 0.25) is 5.02 Å². The molecule has 0 aliphatic heterocycles. The number of benzene rings is 1. The molecule has 0 aliphatic rings. The second-order valence-corrected chi connectivity index (χ2v) is 5.01. The van der Waals surface area contributed by atoms with Gasteiger partial charge in [0.25, 0.3) is 0 Å². The van der Waals surface area contributed by atoms with E-state index in [1.165, 1.54) is 0 Å². The zero-order valence-corrected chi connectivity index (χ0v) is 11.2. The molecule has 0 radical (unpaired) electrons. The summed E-state index contributed by atoms with van der Waals surface area (Å²) in [7, 11) is 0. The van der Waals surface area contributed by atoms with Crippen LogP contribution in [-0.2, 0) is 0 Å². The maximum Gasteiger partial charge on any atom is 0.0856 e. The van der Waals surface area contributed by atoms with E-state index < -0.39 is 6.10 Å². The molecular formula is C15H16ClNO. The van der Waals surface area contributed by atoms with Gasteiger partial charge in [-0.2, -0.15) is 0 Å². The largest absolute Gasteiger partial charge is 0.388 e. The van der Waals surface area contributed by atoms with E-state index in [2.05, 4.69) is 4.98 Å². The van der Waals surface area contributed by atoms with Crippen molar-refractivity contribution in [1.29, 1.82) is 0 Å². The van der Waals surface area contributed by atoms with E-state index in [-0.39, 0.29) is 5.92 Å². The van der Waals surface area contributed by atoms with Gasteiger partial charge in [0.05, 0.1) is 6.10 Å². The van der Waals surface area contributed by atoms with Crippen LogP contribution in [0, 0.1) is 6.92 Å². The summed E-state index contributed by atoms with van der Waals surface area (Å²) in [6.07, 6.45) is 2.91. The van der Waals surface area contributed by atoms with E-state index in [4.69, 9.17) is 11.6 Å². The maximum atomic E-state index is 10.4. The third kappa shape index (κ3) is 2.89. The highest BCUT2D eigenvalue weighted by atomic mass is 35.5. The first-order valence-corrected chi connectivity index (χ1v) is 6.31. The topological polar surface area (TPSA) is 33.1 Å². The number of hydrogen-bond acceptors (Lipinski definition) is 2. The molecule has 1 heterocycles. The molecule has 2 aromatic rings. The van der Waals surface area contributed by atoms with Crippen LogP contribution >= 0.6 is 11.6 Å². The summed E-state index contributed by atoms with van der Waals surface area (Å²) in [6, 6.07) is 9.51. The molecule has 2 nitrogen and oxygen atoms in total. The SMILES string of the molecule is Cc1cc(Cl)cc(C(O)C(C)c2ccncc2)c1. The van der Waals surface area contributed by atoms with E-state index in [1.807, 2.05) is 44.2 Å². The van der Waals surface area contributed by atoms with Crippen molar-refractivity contribution in [3.63, 3.8) is 0 Å². The Morgan fingerprint density at radius 2 is 1.78 bits per heavy atom. The van der Waals surface area contributed by atoms with Crippen molar-refractivity contribution >= 4 is 11.6 Å². The number of hydrogen-bond donors (Lipinski definition) is 1. The van der Waals surface area contributed by atoms with Crippen molar-refractivity contribution in [2.45, 2.75) is 25.9 Å². The van der Waals surface area contributed by atoms with E-state index in [9.17, 15) is 5.11 Å². The van der Waals surface area contributed by atoms with E-state index in [0.717, 1.165) is 16.7 Å². The molecule has 0 amide bonds. The molecule has 1 N–H and O–H groups in total. The number of halogens is 1. The molecule has 0 saturated carbocycles. The molecule has 1 aromatic heterocycles. The van der Waals surface area contributed by atoms with Crippen LogP contribution in [0.5, 0.6) is 0 Å². The summed E-state index contributed by atoms with van der Waals surface area (Å²) >= 11 is 6.02. The molecule has 94 valence electrons. The fraction of sp³-hybridized carbons (Fsp3) is 0.267. The van der Waals surface area contributed by atoms with Crippen LogP contribution in [0.25, 0.3) is 0 Å². The minimum Gasteiger partial charge on any atom is -0.388 e. The van der Waals surface area contributed by atoms with Crippen LogP contribution in [-0.4, -0.2) is 10.1 Å². The molecule has 2 rings (SSSR count). The van der Waals surface area contributed by atoms with Crippen LogP contribution in [0.3, 0.4) is 0 Å². The zero-order valence-electron chi connectivity index (χ0n) is 10.5. The van der Waals surface area contributed by atoms with Gasteiger partial charge in [-0.1, -0.05) is 24.6 Å². The van der Waals surface area contributed by atoms with Gasteiger partial charge < -0.3 is 5.11 Å². The lowest BCUT2D eigenvalue weighted by Crippen LogP contribution is -2.08. The summed E-state index contributed by atoms with van der Waals surface area (Å²) in [6.45, 7) is 3.97. The normalized spacial score (nSPS) is 14.2. The molecule has 0 bridgehead atoms. The number of pyridine rings is 1. The highest BCUT2D eigenvalue weighted by Gasteiger charge is 2.18. The van der Waals surface area contributed by atoms with Crippen LogP contribution in [0.4, 0.5) is 0 Å². The first kappa shape index (κ1) is 13.1. The van der Waals surface area contributed by atoms with Gasteiger partial charge in [0, 0.05) is 23.3 Å². The molecule has 2 atom stereocenters. The summed E-state index contributed by atoms with van der Waals surface area (Å²) in [4.78, 5) is 3.99. The first-order chi connectivity index (χ1) is 8.58. The number of aryl methyl sites for hydroxylation is 1. The number of nitrogens with zero attached hydrogens (tertiary/aromatic N) is 1. The Kier molecular flexibility index (Phi) is 4.00. The minimum atomic E-state index is -0.565. The van der Waals surface area contributed by atoms with Gasteiger partial charge in [-0.3, -0.25) is 4.98 Å². The van der Waals surface area contributed by atoms with E-state index in [0.29, 0.717) is 5.02 Å². The van der Waals surface area contributed by atoms with Gasteiger partial charge in [0.2, 0.25) is 0 Å². The van der Waals surface area contributed by atoms with Crippen molar-refractivity contribution in [2.75, 3.05) is 0 Å². The maximum absolute atomic E-state index is 10.4. The quantitative estimate of drug-likeness (QED) is 0.910. The van der Waals surface area contributed by atoms with Gasteiger partial charge in [-0.15, -0.1) is 0 Å². The van der Waals surface area contributed by atoms with Gasteiger partial charge in [0.1, 0.15) is 0 Å². The van der Waals surface area contributed by atoms with Crippen molar-refractivity contribution < 1.29 is 5.11 Å². The second-order valence-electron chi connectivity index (χ2n) is 4.58. The third-order valence-corrected chi connectivity index (χ3v) is 3.33. The first-order valence-electron chi connectivity index (χ1n) is 5.93. The third-order valence-electron chi connectivity index (χ3n) is 3.11. The summed E-state index contributed by atoms with van der Waals surface area (Å²) in [5, 5.41) is 11.1. The number of aromatic nitrogens is 1. The van der Waals surface area contributed by atoms with Gasteiger partial charge in [-0.05, 0) is 47.9 Å². The fourth-order valence-corrected chi connectivity index (χ4v) is 2.37. The smallest absolute Gasteiger partial charge is 0.0856 e. The Balaban J connectivity index is 2.28. The molecule has 2 unspecified atom stereocenters. The number of aliphatic hydroxyl groups excluding tert-OH is 1. The average Bonchev–Trinajstić information content (AvgIpc) is 2.37. The highest BCUT2D eigenvalue weighted by molar-refractivity contribution is 6.30. The zero-order chi connectivity index (χ0) is 13.1.